The van der Waals surface area contributed by atoms with Crippen molar-refractivity contribution in [1.29, 1.82) is 0 Å². The minimum absolute atomic E-state index is 0.0700. The Bertz CT molecular complexity index is 1000. The lowest BCUT2D eigenvalue weighted by molar-refractivity contribution is 0.555. The molecule has 0 unspecified atom stereocenters. The summed E-state index contributed by atoms with van der Waals surface area (Å²) >= 11 is 0. The molecular weight excluding hydrogens is 316 g/mol. The Hall–Kier alpha value is -2.38. The molecule has 0 aliphatic rings. The summed E-state index contributed by atoms with van der Waals surface area (Å²) < 4.78 is 31.8. The van der Waals surface area contributed by atoms with Crippen LogP contribution in [-0.2, 0) is 22.3 Å². The van der Waals surface area contributed by atoms with Crippen molar-refractivity contribution < 1.29 is 12.8 Å². The Morgan fingerprint density at radius 1 is 1.13 bits per heavy atom. The zero-order valence-corrected chi connectivity index (χ0v) is 13.3. The van der Waals surface area contributed by atoms with Gasteiger partial charge in [0, 0.05) is 6.54 Å². The molecule has 0 spiro atoms. The van der Waals surface area contributed by atoms with Gasteiger partial charge in [-0.25, -0.2) is 17.9 Å². The van der Waals surface area contributed by atoms with Gasteiger partial charge in [-0.1, -0.05) is 35.9 Å². The van der Waals surface area contributed by atoms with E-state index in [1.54, 1.807) is 24.3 Å². The molecule has 0 aliphatic carbocycles. The van der Waals surface area contributed by atoms with Crippen molar-refractivity contribution in [2.45, 2.75) is 19.2 Å². The molecule has 7 heteroatoms. The third kappa shape index (κ3) is 3.88. The van der Waals surface area contributed by atoms with Gasteiger partial charge in [0.05, 0.1) is 11.3 Å². The molecule has 1 aromatic heterocycles. The molecule has 0 amide bonds. The van der Waals surface area contributed by atoms with Gasteiger partial charge in [0.2, 0.25) is 10.0 Å². The summed E-state index contributed by atoms with van der Waals surface area (Å²) in [6, 6.07) is 12.4. The van der Waals surface area contributed by atoms with Gasteiger partial charge < -0.3 is 4.42 Å². The summed E-state index contributed by atoms with van der Waals surface area (Å²) in [5.41, 5.74) is 3.49. The average Bonchev–Trinajstić information content (AvgIpc) is 2.84. The van der Waals surface area contributed by atoms with E-state index in [2.05, 4.69) is 9.71 Å². The third-order valence-electron chi connectivity index (χ3n) is 3.42. The normalized spacial score (nSPS) is 11.9. The fourth-order valence-electron chi connectivity index (χ4n) is 2.37. The predicted molar refractivity (Wildman–Crippen MR) is 87.5 cm³/mol. The van der Waals surface area contributed by atoms with Crippen LogP contribution >= 0.6 is 0 Å². The van der Waals surface area contributed by atoms with Crippen LogP contribution in [0, 0.1) is 6.92 Å². The molecular formula is C16H16N2O4S. The van der Waals surface area contributed by atoms with Gasteiger partial charge in [0.15, 0.2) is 5.58 Å². The monoisotopic (exact) mass is 332 g/mol. The lowest BCUT2D eigenvalue weighted by Crippen LogP contribution is -2.24. The largest absolute Gasteiger partial charge is 0.417 e. The van der Waals surface area contributed by atoms with E-state index in [-0.39, 0.29) is 12.3 Å². The number of aromatic amines is 1. The molecule has 120 valence electrons. The van der Waals surface area contributed by atoms with Crippen molar-refractivity contribution in [3.05, 3.63) is 69.7 Å². The molecule has 23 heavy (non-hydrogen) atoms. The molecule has 2 aromatic carbocycles. The minimum Gasteiger partial charge on any atom is -0.408 e. The third-order valence-corrected chi connectivity index (χ3v) is 4.72. The number of H-pyrrole nitrogens is 1. The number of aromatic nitrogens is 1. The molecule has 0 fully saturated rings. The van der Waals surface area contributed by atoms with Crippen molar-refractivity contribution >= 4 is 21.1 Å². The summed E-state index contributed by atoms with van der Waals surface area (Å²) in [5.74, 6) is -0.600. The van der Waals surface area contributed by atoms with Gasteiger partial charge in [-0.05, 0) is 30.2 Å². The Kier molecular flexibility index (Phi) is 4.06. The van der Waals surface area contributed by atoms with Crippen molar-refractivity contribution in [2.75, 3.05) is 0 Å². The van der Waals surface area contributed by atoms with Crippen LogP contribution in [0.5, 0.6) is 0 Å². The highest BCUT2D eigenvalue weighted by atomic mass is 32.2. The Labute approximate surface area is 133 Å². The number of sulfonamides is 1. The molecule has 0 saturated carbocycles. The van der Waals surface area contributed by atoms with Crippen LogP contribution in [-0.4, -0.2) is 13.4 Å². The number of hydrogen-bond acceptors (Lipinski definition) is 4. The Balaban J connectivity index is 1.71. The van der Waals surface area contributed by atoms with E-state index in [9.17, 15) is 13.2 Å². The number of nitrogens with one attached hydrogen (secondary N) is 2. The van der Waals surface area contributed by atoms with Crippen LogP contribution in [0.4, 0.5) is 0 Å². The quantitative estimate of drug-likeness (QED) is 0.748. The first kappa shape index (κ1) is 15.5. The molecule has 3 aromatic rings. The number of rotatable bonds is 5. The second-order valence-corrected chi connectivity index (χ2v) is 7.22. The minimum atomic E-state index is -3.44. The van der Waals surface area contributed by atoms with Crippen LogP contribution in [0.3, 0.4) is 0 Å². The highest BCUT2D eigenvalue weighted by Crippen LogP contribution is 2.13. The van der Waals surface area contributed by atoms with Crippen LogP contribution in [0.25, 0.3) is 11.1 Å². The van der Waals surface area contributed by atoms with Gasteiger partial charge in [0.25, 0.3) is 0 Å². The second kappa shape index (κ2) is 6.02. The highest BCUT2D eigenvalue weighted by Gasteiger charge is 2.12. The molecule has 1 heterocycles. The molecule has 3 rings (SSSR count). The molecule has 0 saturated heterocycles. The van der Waals surface area contributed by atoms with Crippen molar-refractivity contribution in [3.8, 4) is 0 Å². The number of fused-ring (bicyclic) bond motifs is 1. The number of oxazole rings is 1. The molecule has 0 aliphatic heterocycles. The van der Waals surface area contributed by atoms with E-state index in [0.29, 0.717) is 11.1 Å². The van der Waals surface area contributed by atoms with E-state index >= 15 is 0 Å². The van der Waals surface area contributed by atoms with Crippen molar-refractivity contribution in [1.82, 2.24) is 9.71 Å². The van der Waals surface area contributed by atoms with Crippen LogP contribution in [0.2, 0.25) is 0 Å². The van der Waals surface area contributed by atoms with Gasteiger partial charge in [-0.3, -0.25) is 4.98 Å². The molecule has 6 nitrogen and oxygen atoms in total. The summed E-state index contributed by atoms with van der Waals surface area (Å²) in [5, 5.41) is 0. The topological polar surface area (TPSA) is 92.2 Å². The molecule has 0 atom stereocenters. The first-order valence-electron chi connectivity index (χ1n) is 7.06. The van der Waals surface area contributed by atoms with E-state index in [1.165, 1.54) is 0 Å². The van der Waals surface area contributed by atoms with E-state index in [0.717, 1.165) is 16.7 Å². The first-order valence-corrected chi connectivity index (χ1v) is 8.71. The molecule has 2 N–H and O–H groups in total. The SMILES string of the molecule is Cc1cccc(CS(=O)(=O)NCc2ccc3oc(=O)[nH]c3c2)c1. The van der Waals surface area contributed by atoms with E-state index in [4.69, 9.17) is 4.42 Å². The fraction of sp³-hybridized carbons (Fsp3) is 0.188. The van der Waals surface area contributed by atoms with Crippen molar-refractivity contribution in [3.63, 3.8) is 0 Å². The second-order valence-electron chi connectivity index (χ2n) is 5.41. The summed E-state index contributed by atoms with van der Waals surface area (Å²) in [6.07, 6.45) is 0. The Morgan fingerprint density at radius 3 is 2.74 bits per heavy atom. The van der Waals surface area contributed by atoms with E-state index in [1.807, 2.05) is 25.1 Å². The highest BCUT2D eigenvalue weighted by molar-refractivity contribution is 7.88. The zero-order valence-electron chi connectivity index (χ0n) is 12.5. The Morgan fingerprint density at radius 2 is 1.96 bits per heavy atom. The molecule has 0 radical (unpaired) electrons. The van der Waals surface area contributed by atoms with Crippen molar-refractivity contribution in [2.24, 2.45) is 0 Å². The van der Waals surface area contributed by atoms with Crippen LogP contribution in [0.1, 0.15) is 16.7 Å². The lowest BCUT2D eigenvalue weighted by Gasteiger charge is -2.07. The maximum absolute atomic E-state index is 12.2. The first-order chi connectivity index (χ1) is 10.9. The van der Waals surface area contributed by atoms with Crippen LogP contribution < -0.4 is 10.5 Å². The maximum atomic E-state index is 12.2. The zero-order chi connectivity index (χ0) is 16.4. The number of hydrogen-bond donors (Lipinski definition) is 2. The van der Waals surface area contributed by atoms with Gasteiger partial charge in [0.1, 0.15) is 0 Å². The lowest BCUT2D eigenvalue weighted by atomic mass is 10.2. The summed E-state index contributed by atoms with van der Waals surface area (Å²) in [7, 11) is -3.44. The molecule has 0 bridgehead atoms. The number of aryl methyl sites for hydroxylation is 1. The predicted octanol–water partition coefficient (Wildman–Crippen LogP) is 2.05. The number of benzene rings is 2. The average molecular weight is 332 g/mol. The van der Waals surface area contributed by atoms with Crippen LogP contribution in [0.15, 0.2) is 51.7 Å². The van der Waals surface area contributed by atoms with Gasteiger partial charge in [-0.2, -0.15) is 0 Å². The summed E-state index contributed by atoms with van der Waals surface area (Å²) in [6.45, 7) is 2.07. The fourth-order valence-corrected chi connectivity index (χ4v) is 3.48. The smallest absolute Gasteiger partial charge is 0.408 e. The summed E-state index contributed by atoms with van der Waals surface area (Å²) in [4.78, 5) is 13.7. The maximum Gasteiger partial charge on any atom is 0.417 e. The standard InChI is InChI=1S/C16H16N2O4S/c1-11-3-2-4-13(7-11)10-23(20,21)17-9-12-5-6-15-14(8-12)18-16(19)22-15/h2-8,17H,9-10H2,1H3,(H,18,19). The van der Waals surface area contributed by atoms with E-state index < -0.39 is 15.8 Å². The van der Waals surface area contributed by atoms with Gasteiger partial charge in [-0.15, -0.1) is 0 Å². The van der Waals surface area contributed by atoms with Gasteiger partial charge >= 0.3 is 5.76 Å².